The molecule has 2 aromatic rings. The molecule has 4 heteroatoms. The predicted molar refractivity (Wildman–Crippen MR) is 120 cm³/mol. The van der Waals surface area contributed by atoms with Gasteiger partial charge in [-0.05, 0) is 15.4 Å². The Morgan fingerprint density at radius 1 is 1.00 bits per heavy atom. The summed E-state index contributed by atoms with van der Waals surface area (Å²) in [7, 11) is -1.00. The summed E-state index contributed by atoms with van der Waals surface area (Å²) in [6.07, 6.45) is 0.572. The van der Waals surface area contributed by atoms with E-state index in [9.17, 15) is 5.11 Å². The van der Waals surface area contributed by atoms with Crippen LogP contribution in [-0.4, -0.2) is 39.3 Å². The second-order valence-corrected chi connectivity index (χ2v) is 12.7. The molecule has 0 spiro atoms. The average molecular weight is 399 g/mol. The molecule has 0 aliphatic carbocycles. The van der Waals surface area contributed by atoms with Crippen molar-refractivity contribution in [1.29, 1.82) is 0 Å². The molecular weight excluding hydrogens is 364 g/mol. The highest BCUT2D eigenvalue weighted by atomic mass is 28.4. The number of hydrogen-bond acceptors (Lipinski definition) is 3. The van der Waals surface area contributed by atoms with Crippen LogP contribution < -0.4 is 10.4 Å². The third-order valence-electron chi connectivity index (χ3n) is 5.40. The van der Waals surface area contributed by atoms with Gasteiger partial charge < -0.3 is 14.3 Å². The molecule has 0 unspecified atom stereocenters. The Balaban J connectivity index is 2.46. The van der Waals surface area contributed by atoms with Crippen molar-refractivity contribution in [3.63, 3.8) is 0 Å². The van der Waals surface area contributed by atoms with E-state index in [1.54, 1.807) is 13.2 Å². The summed E-state index contributed by atoms with van der Waals surface area (Å²) >= 11 is 0. The Kier molecular flexibility index (Phi) is 7.78. The van der Waals surface area contributed by atoms with Gasteiger partial charge in [-0.2, -0.15) is 0 Å². The number of rotatable bonds is 9. The third-order valence-corrected chi connectivity index (χ3v) is 10.4. The highest BCUT2D eigenvalue weighted by Gasteiger charge is 2.50. The topological polar surface area (TPSA) is 38.7 Å². The minimum atomic E-state index is -2.59. The normalized spacial score (nSPS) is 15.6. The standard InChI is InChI=1S/C24H34O3Si/c1-7-22(26-6)23(25)19(2)18-27-28(24(3,4)5,20-14-10-8-11-15-20)21-16-12-9-13-17-21/h7-17,19,22-23,25H,1,18H2,2-6H3/t19-,22-,23+/m0/s1. The van der Waals surface area contributed by atoms with Gasteiger partial charge in [0.25, 0.3) is 8.32 Å². The summed E-state index contributed by atoms with van der Waals surface area (Å²) in [4.78, 5) is 0. The van der Waals surface area contributed by atoms with Crippen molar-refractivity contribution in [3.05, 3.63) is 73.3 Å². The zero-order chi connectivity index (χ0) is 20.8. The van der Waals surface area contributed by atoms with Gasteiger partial charge in [0.2, 0.25) is 0 Å². The largest absolute Gasteiger partial charge is 0.407 e. The quantitative estimate of drug-likeness (QED) is 0.516. The van der Waals surface area contributed by atoms with E-state index in [0.29, 0.717) is 6.61 Å². The Labute approximate surface area is 171 Å². The first kappa shape index (κ1) is 22.6. The maximum atomic E-state index is 10.7. The summed E-state index contributed by atoms with van der Waals surface area (Å²) in [5.74, 6) is -0.0930. The van der Waals surface area contributed by atoms with Crippen LogP contribution in [0.15, 0.2) is 73.3 Å². The maximum absolute atomic E-state index is 10.7. The van der Waals surface area contributed by atoms with Gasteiger partial charge in [0, 0.05) is 19.6 Å². The van der Waals surface area contributed by atoms with Crippen LogP contribution in [0.1, 0.15) is 27.7 Å². The lowest BCUT2D eigenvalue weighted by Crippen LogP contribution is -2.67. The van der Waals surface area contributed by atoms with Crippen LogP contribution >= 0.6 is 0 Å². The lowest BCUT2D eigenvalue weighted by atomic mass is 10.0. The zero-order valence-corrected chi connectivity index (χ0v) is 18.8. The number of aliphatic hydroxyl groups excluding tert-OH is 1. The van der Waals surface area contributed by atoms with Gasteiger partial charge in [0.1, 0.15) is 6.10 Å². The predicted octanol–water partition coefficient (Wildman–Crippen LogP) is 3.76. The van der Waals surface area contributed by atoms with E-state index in [-0.39, 0.29) is 11.0 Å². The maximum Gasteiger partial charge on any atom is 0.261 e. The molecule has 0 heterocycles. The van der Waals surface area contributed by atoms with Gasteiger partial charge in [-0.25, -0.2) is 0 Å². The first-order valence-electron chi connectivity index (χ1n) is 9.86. The summed E-state index contributed by atoms with van der Waals surface area (Å²) in [5, 5.41) is 13.1. The van der Waals surface area contributed by atoms with Gasteiger partial charge in [-0.3, -0.25) is 0 Å². The number of methoxy groups -OCH3 is 1. The van der Waals surface area contributed by atoms with Crippen LogP contribution in [0.2, 0.25) is 5.04 Å². The van der Waals surface area contributed by atoms with Crippen LogP contribution in [0.4, 0.5) is 0 Å². The summed E-state index contributed by atoms with van der Waals surface area (Å²) in [6.45, 7) is 13.0. The Bertz CT molecular complexity index is 685. The van der Waals surface area contributed by atoms with Gasteiger partial charge in [0.15, 0.2) is 0 Å². The van der Waals surface area contributed by atoms with Crippen molar-refractivity contribution in [1.82, 2.24) is 0 Å². The molecule has 3 atom stereocenters. The van der Waals surface area contributed by atoms with Crippen molar-refractivity contribution in [2.24, 2.45) is 5.92 Å². The molecular formula is C24H34O3Si. The molecule has 0 saturated heterocycles. The minimum absolute atomic E-state index is 0.0839. The molecule has 0 aromatic heterocycles. The molecule has 0 saturated carbocycles. The first-order valence-corrected chi connectivity index (χ1v) is 11.8. The van der Waals surface area contributed by atoms with E-state index in [1.165, 1.54) is 10.4 Å². The van der Waals surface area contributed by atoms with Crippen LogP contribution in [0.25, 0.3) is 0 Å². The molecule has 0 aliphatic heterocycles. The smallest absolute Gasteiger partial charge is 0.261 e. The second kappa shape index (κ2) is 9.66. The lowest BCUT2D eigenvalue weighted by molar-refractivity contribution is -0.0231. The van der Waals surface area contributed by atoms with E-state index in [2.05, 4.69) is 75.9 Å². The zero-order valence-electron chi connectivity index (χ0n) is 17.8. The fourth-order valence-electron chi connectivity index (χ4n) is 3.82. The third kappa shape index (κ3) is 4.63. The van der Waals surface area contributed by atoms with Crippen molar-refractivity contribution in [2.45, 2.75) is 44.9 Å². The van der Waals surface area contributed by atoms with Crippen LogP contribution in [0.5, 0.6) is 0 Å². The Morgan fingerprint density at radius 3 is 1.82 bits per heavy atom. The van der Waals surface area contributed by atoms with Crippen molar-refractivity contribution >= 4 is 18.7 Å². The number of aliphatic hydroxyl groups is 1. The fourth-order valence-corrected chi connectivity index (χ4v) is 8.48. The summed E-state index contributed by atoms with van der Waals surface area (Å²) < 4.78 is 12.2. The van der Waals surface area contributed by atoms with Gasteiger partial charge >= 0.3 is 0 Å². The molecule has 1 N–H and O–H groups in total. The Hall–Kier alpha value is -1.72. The molecule has 28 heavy (non-hydrogen) atoms. The van der Waals surface area contributed by atoms with E-state index < -0.39 is 20.5 Å². The molecule has 2 aromatic carbocycles. The molecule has 152 valence electrons. The van der Waals surface area contributed by atoms with Crippen LogP contribution in [0, 0.1) is 5.92 Å². The molecule has 0 aliphatic rings. The highest BCUT2D eigenvalue weighted by molar-refractivity contribution is 6.99. The molecule has 0 radical (unpaired) electrons. The molecule has 0 bridgehead atoms. The molecule has 0 amide bonds. The SMILES string of the molecule is C=C[C@H](OC)[C@H](O)[C@@H](C)CO[Si](c1ccccc1)(c1ccccc1)C(C)(C)C. The summed E-state index contributed by atoms with van der Waals surface area (Å²) in [6, 6.07) is 21.1. The van der Waals surface area contributed by atoms with Gasteiger partial charge in [-0.15, -0.1) is 6.58 Å². The average Bonchev–Trinajstić information content (AvgIpc) is 2.69. The lowest BCUT2D eigenvalue weighted by Gasteiger charge is -2.44. The van der Waals surface area contributed by atoms with E-state index in [0.717, 1.165) is 0 Å². The molecule has 3 nitrogen and oxygen atoms in total. The Morgan fingerprint density at radius 2 is 1.46 bits per heavy atom. The van der Waals surface area contributed by atoms with E-state index in [4.69, 9.17) is 9.16 Å². The van der Waals surface area contributed by atoms with Gasteiger partial charge in [-0.1, -0.05) is 94.4 Å². The monoisotopic (exact) mass is 398 g/mol. The van der Waals surface area contributed by atoms with Crippen molar-refractivity contribution in [3.8, 4) is 0 Å². The van der Waals surface area contributed by atoms with Crippen LogP contribution in [0.3, 0.4) is 0 Å². The number of ether oxygens (including phenoxy) is 1. The van der Waals surface area contributed by atoms with Crippen molar-refractivity contribution < 1.29 is 14.3 Å². The number of hydrogen-bond donors (Lipinski definition) is 1. The van der Waals surface area contributed by atoms with E-state index >= 15 is 0 Å². The summed E-state index contributed by atoms with van der Waals surface area (Å²) in [5.41, 5.74) is 0. The number of benzene rings is 2. The van der Waals surface area contributed by atoms with Crippen LogP contribution in [-0.2, 0) is 9.16 Å². The van der Waals surface area contributed by atoms with Gasteiger partial charge in [0.05, 0.1) is 6.10 Å². The first-order chi connectivity index (χ1) is 13.3. The molecule has 2 rings (SSSR count). The fraction of sp³-hybridized carbons (Fsp3) is 0.417. The second-order valence-electron chi connectivity index (χ2n) is 8.38. The molecule has 0 fully saturated rings. The highest BCUT2D eigenvalue weighted by Crippen LogP contribution is 2.37. The van der Waals surface area contributed by atoms with Crippen molar-refractivity contribution in [2.75, 3.05) is 13.7 Å². The van der Waals surface area contributed by atoms with E-state index in [1.807, 2.05) is 19.1 Å². The minimum Gasteiger partial charge on any atom is -0.407 e.